The number of fused-ring (bicyclic) bond motifs is 1. The number of nitrogens with zero attached hydrogens (tertiary/aromatic N) is 4. The van der Waals surface area contributed by atoms with Crippen LogP contribution in [0.25, 0.3) is 10.9 Å². The second kappa shape index (κ2) is 4.24. The normalized spacial score (nSPS) is 10.8. The lowest BCUT2D eigenvalue weighted by Gasteiger charge is -2.07. The monoisotopic (exact) mass is 255 g/mol. The zero-order valence-electron chi connectivity index (χ0n) is 10.7. The molecule has 2 N–H and O–H groups in total. The molecule has 0 aliphatic heterocycles. The third kappa shape index (κ3) is 2.08. The molecule has 2 heterocycles. The van der Waals surface area contributed by atoms with Crippen molar-refractivity contribution >= 4 is 16.9 Å². The van der Waals surface area contributed by atoms with E-state index in [1.165, 1.54) is 0 Å². The van der Waals surface area contributed by atoms with Crippen LogP contribution in [0.5, 0.6) is 11.8 Å². The van der Waals surface area contributed by atoms with Gasteiger partial charge in [-0.25, -0.2) is 9.67 Å². The van der Waals surface area contributed by atoms with Gasteiger partial charge < -0.3 is 10.5 Å². The van der Waals surface area contributed by atoms with E-state index in [1.807, 2.05) is 44.3 Å². The lowest BCUT2D eigenvalue weighted by molar-refractivity contribution is 0.420. The highest BCUT2D eigenvalue weighted by Gasteiger charge is 2.10. The quantitative estimate of drug-likeness (QED) is 0.758. The summed E-state index contributed by atoms with van der Waals surface area (Å²) < 4.78 is 7.45. The topological polar surface area (TPSA) is 78.9 Å². The van der Waals surface area contributed by atoms with Crippen molar-refractivity contribution in [2.24, 2.45) is 7.05 Å². The Morgan fingerprint density at radius 2 is 2.00 bits per heavy atom. The van der Waals surface area contributed by atoms with Gasteiger partial charge in [-0.1, -0.05) is 12.1 Å². The molecule has 0 amide bonds. The molecule has 0 bridgehead atoms. The molecule has 1 aromatic carbocycles. The second-order valence-corrected chi connectivity index (χ2v) is 4.25. The summed E-state index contributed by atoms with van der Waals surface area (Å²) in [5.74, 6) is 1.24. The summed E-state index contributed by atoms with van der Waals surface area (Å²) in [4.78, 5) is 8.32. The predicted octanol–water partition coefficient (Wildman–Crippen LogP) is 2.05. The number of hydrogen-bond donors (Lipinski definition) is 1. The molecule has 0 saturated carbocycles. The van der Waals surface area contributed by atoms with E-state index in [4.69, 9.17) is 10.5 Å². The van der Waals surface area contributed by atoms with Crippen molar-refractivity contribution in [2.75, 3.05) is 5.73 Å². The Hall–Kier alpha value is -2.63. The number of nitrogen functional groups attached to an aromatic ring is 1. The number of nitrogens with two attached hydrogens (primary N) is 1. The van der Waals surface area contributed by atoms with E-state index in [9.17, 15) is 0 Å². The first-order valence-corrected chi connectivity index (χ1v) is 5.84. The molecule has 0 unspecified atom stereocenters. The van der Waals surface area contributed by atoms with Crippen LogP contribution in [0, 0.1) is 6.92 Å². The van der Waals surface area contributed by atoms with Crippen molar-refractivity contribution in [3.05, 3.63) is 36.0 Å². The van der Waals surface area contributed by atoms with Crippen LogP contribution in [0.15, 0.2) is 30.3 Å². The molecule has 0 atom stereocenters. The van der Waals surface area contributed by atoms with Crippen LogP contribution < -0.4 is 10.5 Å². The van der Waals surface area contributed by atoms with Crippen LogP contribution >= 0.6 is 0 Å². The van der Waals surface area contributed by atoms with Gasteiger partial charge in [-0.3, -0.25) is 0 Å². The highest BCUT2D eigenvalue weighted by atomic mass is 16.5. The molecule has 0 spiro atoms. The first-order valence-electron chi connectivity index (χ1n) is 5.84. The number of hydrogen-bond acceptors (Lipinski definition) is 5. The fraction of sp³-hybridized carbons (Fsp3) is 0.154. The molecule has 96 valence electrons. The van der Waals surface area contributed by atoms with Gasteiger partial charge in [0.1, 0.15) is 0 Å². The van der Waals surface area contributed by atoms with Gasteiger partial charge >= 0.3 is 0 Å². The maximum atomic E-state index is 5.79. The Balaban J connectivity index is 2.12. The molecular weight excluding hydrogens is 242 g/mol. The van der Waals surface area contributed by atoms with Gasteiger partial charge in [0, 0.05) is 13.1 Å². The van der Waals surface area contributed by atoms with Crippen LogP contribution in [0.4, 0.5) is 5.95 Å². The molecule has 19 heavy (non-hydrogen) atoms. The van der Waals surface area contributed by atoms with Gasteiger partial charge in [0.25, 0.3) is 0 Å². The van der Waals surface area contributed by atoms with E-state index >= 15 is 0 Å². The summed E-state index contributed by atoms with van der Waals surface area (Å²) in [5, 5.41) is 5.04. The molecule has 0 radical (unpaired) electrons. The van der Waals surface area contributed by atoms with Gasteiger partial charge in [-0.05, 0) is 19.1 Å². The Morgan fingerprint density at radius 3 is 2.74 bits per heavy atom. The summed E-state index contributed by atoms with van der Waals surface area (Å²) in [6, 6.07) is 9.41. The lowest BCUT2D eigenvalue weighted by atomic mass is 10.2. The first kappa shape index (κ1) is 11.5. The van der Waals surface area contributed by atoms with Gasteiger partial charge in [0.15, 0.2) is 0 Å². The molecular formula is C13H13N5O. The molecule has 6 nitrogen and oxygen atoms in total. The van der Waals surface area contributed by atoms with E-state index < -0.39 is 0 Å². The molecule has 0 aliphatic rings. The summed E-state index contributed by atoms with van der Waals surface area (Å²) in [7, 11) is 1.81. The molecule has 2 aromatic heterocycles. The Bertz CT molecular complexity index is 750. The van der Waals surface area contributed by atoms with Crippen LogP contribution in [0.2, 0.25) is 0 Å². The number of aryl methyl sites for hydroxylation is 2. The second-order valence-electron chi connectivity index (χ2n) is 4.25. The summed E-state index contributed by atoms with van der Waals surface area (Å²) in [6.07, 6.45) is 0. The zero-order chi connectivity index (χ0) is 13.4. The molecule has 0 saturated heterocycles. The Kier molecular flexibility index (Phi) is 2.56. The molecule has 3 rings (SSSR count). The van der Waals surface area contributed by atoms with E-state index in [2.05, 4.69) is 15.1 Å². The molecule has 0 aliphatic carbocycles. The number of ether oxygens (including phenoxy) is 1. The fourth-order valence-corrected chi connectivity index (χ4v) is 1.92. The number of aromatic nitrogens is 4. The minimum absolute atomic E-state index is 0.188. The number of para-hydroxylation sites is 1. The van der Waals surface area contributed by atoms with Crippen LogP contribution in [-0.2, 0) is 7.05 Å². The highest BCUT2D eigenvalue weighted by Crippen LogP contribution is 2.27. The van der Waals surface area contributed by atoms with Crippen molar-refractivity contribution in [3.63, 3.8) is 0 Å². The lowest BCUT2D eigenvalue weighted by Crippen LogP contribution is -2.01. The maximum absolute atomic E-state index is 5.79. The van der Waals surface area contributed by atoms with Gasteiger partial charge in [0.2, 0.25) is 17.7 Å². The SMILES string of the molecule is Cc1cc(Oc2nc(N)nc3ccccc23)n(C)n1. The molecule has 0 fully saturated rings. The zero-order valence-corrected chi connectivity index (χ0v) is 10.7. The summed E-state index contributed by atoms with van der Waals surface area (Å²) in [6.45, 7) is 1.90. The smallest absolute Gasteiger partial charge is 0.234 e. The van der Waals surface area contributed by atoms with Crippen LogP contribution in [-0.4, -0.2) is 19.7 Å². The number of anilines is 1. The predicted molar refractivity (Wildman–Crippen MR) is 72.0 cm³/mol. The minimum atomic E-state index is 0.188. The third-order valence-electron chi connectivity index (χ3n) is 2.75. The molecule has 6 heteroatoms. The highest BCUT2D eigenvalue weighted by molar-refractivity contribution is 5.84. The Labute approximate surface area is 109 Å². The Morgan fingerprint density at radius 1 is 1.21 bits per heavy atom. The van der Waals surface area contributed by atoms with Crippen molar-refractivity contribution in [3.8, 4) is 11.8 Å². The fourth-order valence-electron chi connectivity index (χ4n) is 1.92. The van der Waals surface area contributed by atoms with Crippen molar-refractivity contribution in [1.29, 1.82) is 0 Å². The van der Waals surface area contributed by atoms with Crippen LogP contribution in [0.3, 0.4) is 0 Å². The minimum Gasteiger partial charge on any atom is -0.420 e. The van der Waals surface area contributed by atoms with E-state index in [0.29, 0.717) is 11.8 Å². The standard InChI is InChI=1S/C13H13N5O/c1-8-7-11(18(2)17-8)19-12-9-5-3-4-6-10(9)15-13(14)16-12/h3-7H,1-2H3,(H2,14,15,16). The van der Waals surface area contributed by atoms with Gasteiger partial charge in [-0.15, -0.1) is 0 Å². The largest absolute Gasteiger partial charge is 0.420 e. The first-order chi connectivity index (χ1) is 9.13. The van der Waals surface area contributed by atoms with E-state index in [-0.39, 0.29) is 5.95 Å². The maximum Gasteiger partial charge on any atom is 0.234 e. The average molecular weight is 255 g/mol. The van der Waals surface area contributed by atoms with Crippen molar-refractivity contribution in [2.45, 2.75) is 6.92 Å². The van der Waals surface area contributed by atoms with Crippen molar-refractivity contribution < 1.29 is 4.74 Å². The summed E-state index contributed by atoms with van der Waals surface area (Å²) >= 11 is 0. The molecule has 3 aromatic rings. The third-order valence-corrected chi connectivity index (χ3v) is 2.75. The van der Waals surface area contributed by atoms with E-state index in [1.54, 1.807) is 4.68 Å². The van der Waals surface area contributed by atoms with Gasteiger partial charge in [0.05, 0.1) is 16.6 Å². The van der Waals surface area contributed by atoms with Crippen LogP contribution in [0.1, 0.15) is 5.69 Å². The number of benzene rings is 1. The average Bonchev–Trinajstić information content (AvgIpc) is 2.67. The van der Waals surface area contributed by atoms with Crippen molar-refractivity contribution in [1.82, 2.24) is 19.7 Å². The van der Waals surface area contributed by atoms with Gasteiger partial charge in [-0.2, -0.15) is 10.1 Å². The van der Waals surface area contributed by atoms with E-state index in [0.717, 1.165) is 16.6 Å². The summed E-state index contributed by atoms with van der Waals surface area (Å²) in [5.41, 5.74) is 7.33. The number of rotatable bonds is 2.